The summed E-state index contributed by atoms with van der Waals surface area (Å²) in [6.45, 7) is 32.1. The van der Waals surface area contributed by atoms with Gasteiger partial charge in [0.2, 0.25) is 0 Å². The van der Waals surface area contributed by atoms with E-state index >= 15 is 0 Å². The third-order valence-electron chi connectivity index (χ3n) is 11.7. The Hall–Kier alpha value is -6.90. The number of hydrogen-bond donors (Lipinski definition) is 0. The normalized spacial score (nSPS) is 11.0. The van der Waals surface area contributed by atoms with Crippen LogP contribution >= 0.6 is 0 Å². The van der Waals surface area contributed by atoms with Crippen molar-refractivity contribution in [2.45, 2.75) is 143 Å². The molecule has 1 saturated carbocycles. The molecule has 1 fully saturated rings. The minimum atomic E-state index is -4.19. The summed E-state index contributed by atoms with van der Waals surface area (Å²) in [5.74, 6) is 0.924. The molecule has 0 saturated heterocycles. The minimum absolute atomic E-state index is 0.562. The van der Waals surface area contributed by atoms with Gasteiger partial charge in [0.25, 0.3) is 0 Å². The molecule has 0 unspecified atom stereocenters. The summed E-state index contributed by atoms with van der Waals surface area (Å²) in [7, 11) is 1.93. The first kappa shape index (κ1) is 60.2. The van der Waals surface area contributed by atoms with E-state index in [0.29, 0.717) is 5.69 Å². The maximum Gasteiger partial charge on any atom is 0.408 e. The molecule has 0 spiro atoms. The summed E-state index contributed by atoms with van der Waals surface area (Å²) in [5, 5.41) is 12.0. The van der Waals surface area contributed by atoms with E-state index in [2.05, 4.69) is 136 Å². The van der Waals surface area contributed by atoms with Crippen molar-refractivity contribution in [3.05, 3.63) is 194 Å². The Labute approximate surface area is 421 Å². The van der Waals surface area contributed by atoms with Crippen LogP contribution in [-0.4, -0.2) is 65.4 Å². The van der Waals surface area contributed by atoms with E-state index in [1.165, 1.54) is 63.7 Å². The molecule has 1 aliphatic carbocycles. The van der Waals surface area contributed by atoms with Crippen molar-refractivity contribution in [1.82, 2.24) is 59.2 Å². The molecule has 0 bridgehead atoms. The van der Waals surface area contributed by atoms with E-state index in [-0.39, 0.29) is 0 Å². The summed E-state index contributed by atoms with van der Waals surface area (Å²) in [4.78, 5) is 23.9. The van der Waals surface area contributed by atoms with Crippen LogP contribution < -0.4 is 0 Å². The van der Waals surface area contributed by atoms with Crippen molar-refractivity contribution in [1.29, 1.82) is 0 Å². The Morgan fingerprint density at radius 2 is 0.958 bits per heavy atom. The fourth-order valence-corrected chi connectivity index (χ4v) is 5.56. The molecular formula is C56H77F3N12. The van der Waals surface area contributed by atoms with Gasteiger partial charge in [0.1, 0.15) is 12.9 Å². The number of aryl methyl sites for hydroxylation is 15. The highest BCUT2D eigenvalue weighted by atomic mass is 19.4. The lowest BCUT2D eigenvalue weighted by atomic mass is 10.1. The molecule has 9 rings (SSSR count). The molecule has 0 aliphatic heterocycles. The summed E-state index contributed by atoms with van der Waals surface area (Å²) < 4.78 is 40.5. The minimum Gasteiger partial charge on any atom is -0.275 e. The largest absolute Gasteiger partial charge is 0.408 e. The lowest BCUT2D eigenvalue weighted by Crippen LogP contribution is -2.19. The van der Waals surface area contributed by atoms with Gasteiger partial charge in [-0.25, -0.2) is 9.97 Å². The van der Waals surface area contributed by atoms with Crippen molar-refractivity contribution < 1.29 is 13.2 Å². The number of aromatic nitrogens is 12. The average Bonchev–Trinajstić information content (AvgIpc) is 3.94. The van der Waals surface area contributed by atoms with Crippen LogP contribution in [0.4, 0.5) is 13.2 Å². The van der Waals surface area contributed by atoms with E-state index in [9.17, 15) is 13.2 Å². The third kappa shape index (κ3) is 24.5. The Balaban J connectivity index is 0.000000280. The first-order valence-electron chi connectivity index (χ1n) is 23.7. The predicted octanol–water partition coefficient (Wildman–Crippen LogP) is 12.9. The number of nitrogens with zero attached hydrogens (tertiary/aromatic N) is 12. The van der Waals surface area contributed by atoms with Crippen LogP contribution in [0.2, 0.25) is 0 Å². The van der Waals surface area contributed by atoms with Gasteiger partial charge < -0.3 is 0 Å². The monoisotopic (exact) mass is 975 g/mol. The molecule has 7 aromatic heterocycles. The molecule has 7 heterocycles. The Kier molecular flexibility index (Phi) is 26.0. The number of halogens is 3. The molecule has 0 atom stereocenters. The maximum absolute atomic E-state index is 11.9. The van der Waals surface area contributed by atoms with Gasteiger partial charge >= 0.3 is 6.18 Å². The van der Waals surface area contributed by atoms with Crippen molar-refractivity contribution in [2.24, 2.45) is 13.0 Å². The summed E-state index contributed by atoms with van der Waals surface area (Å²) >= 11 is 0. The molecule has 382 valence electrons. The highest BCUT2D eigenvalue weighted by Crippen LogP contribution is 2.30. The molecule has 71 heavy (non-hydrogen) atoms. The number of alkyl halides is 3. The summed E-state index contributed by atoms with van der Waals surface area (Å²) in [6, 6.07) is 14.4. The maximum atomic E-state index is 11.9. The number of hydrogen-bond acceptors (Lipinski definition) is 9. The molecule has 0 radical (unpaired) electrons. The summed E-state index contributed by atoms with van der Waals surface area (Å²) in [5.41, 5.74) is 18.2. The van der Waals surface area contributed by atoms with E-state index < -0.39 is 12.7 Å². The number of rotatable bonds is 3. The molecule has 0 amide bonds. The van der Waals surface area contributed by atoms with Crippen molar-refractivity contribution in [3.8, 4) is 0 Å². The zero-order valence-electron chi connectivity index (χ0n) is 45.2. The fraction of sp³-hybridized carbons (Fsp3) is 0.411. The molecule has 1 aliphatic rings. The SMILES string of the molecule is Cc1ccccc1C.Cc1cccnc1C.Cc1ccncc1C.Cc1cn(C)nc1C.Cc1cncnc1C.Cc1cnn(CC(F)(F)F)c1C.Cc1cnn(CC2CC2)c1C.Cc1nccnc1C. The van der Waals surface area contributed by atoms with Crippen molar-refractivity contribution in [2.75, 3.05) is 0 Å². The Morgan fingerprint density at radius 1 is 0.465 bits per heavy atom. The standard InChI is InChI=1S/C9H14N2.C8H10.C7H9F3N2.2C7H9N.C6H10N2.2C6H8N2/c1-7-5-10-11(8(7)2)6-9-3-4-9;1-7-5-3-4-6-8(7)2;1-5-3-11-12(6(5)2)4-7(8,9)10;1-6-3-4-8-5-7(6)2;1-6-4-3-5-8-7(6)2;1-5-4-8(3)7-6(5)2;1-5-3-7-4-8-6(5)2;1-5-6(2)8-4-3-7-5/h5,9H,3-4,6H2,1-2H3;3-6H,1-2H3;3H,4H2,1-2H3;2*3-5H,1-2H3;4H,1-3H3;2*3-4H,1-2H3. The predicted molar refractivity (Wildman–Crippen MR) is 281 cm³/mol. The van der Waals surface area contributed by atoms with Gasteiger partial charge in [0.05, 0.1) is 29.5 Å². The van der Waals surface area contributed by atoms with Crippen molar-refractivity contribution in [3.63, 3.8) is 0 Å². The second-order valence-corrected chi connectivity index (χ2v) is 17.8. The second kappa shape index (κ2) is 30.7. The number of pyridine rings is 2. The van der Waals surface area contributed by atoms with Gasteiger partial charge in [-0.3, -0.25) is 34.0 Å². The van der Waals surface area contributed by atoms with Gasteiger partial charge in [0.15, 0.2) is 0 Å². The molecule has 15 heteroatoms. The molecule has 8 aromatic rings. The van der Waals surface area contributed by atoms with E-state index in [0.717, 1.165) is 56.7 Å². The first-order chi connectivity index (χ1) is 33.4. The molecule has 1 aromatic carbocycles. The Morgan fingerprint density at radius 3 is 1.27 bits per heavy atom. The van der Waals surface area contributed by atoms with Crippen molar-refractivity contribution >= 4 is 0 Å². The zero-order valence-corrected chi connectivity index (χ0v) is 45.2. The lowest BCUT2D eigenvalue weighted by molar-refractivity contribution is -0.142. The Bertz CT molecular complexity index is 2390. The van der Waals surface area contributed by atoms with E-state index in [1.807, 2.05) is 103 Å². The highest BCUT2D eigenvalue weighted by Gasteiger charge is 2.29. The van der Waals surface area contributed by atoms with E-state index in [4.69, 9.17) is 0 Å². The van der Waals surface area contributed by atoms with Crippen LogP contribution in [0.5, 0.6) is 0 Å². The zero-order chi connectivity index (χ0) is 53.3. The van der Waals surface area contributed by atoms with Gasteiger partial charge in [-0.15, -0.1) is 0 Å². The van der Waals surface area contributed by atoms with Crippen LogP contribution in [-0.2, 0) is 20.1 Å². The van der Waals surface area contributed by atoms with Crippen LogP contribution in [0.15, 0.2) is 105 Å². The van der Waals surface area contributed by atoms with Gasteiger partial charge in [-0.1, -0.05) is 30.3 Å². The smallest absolute Gasteiger partial charge is 0.275 e. The lowest BCUT2D eigenvalue weighted by Gasteiger charge is -2.07. The van der Waals surface area contributed by atoms with Crippen LogP contribution in [0.3, 0.4) is 0 Å². The quantitative estimate of drug-likeness (QED) is 0.170. The van der Waals surface area contributed by atoms with E-state index in [1.54, 1.807) is 32.6 Å². The van der Waals surface area contributed by atoms with Crippen LogP contribution in [0, 0.1) is 117 Å². The van der Waals surface area contributed by atoms with Gasteiger partial charge in [-0.2, -0.15) is 28.5 Å². The topological polar surface area (TPSA) is 131 Å². The van der Waals surface area contributed by atoms with Crippen LogP contribution in [0.1, 0.15) is 103 Å². The fourth-order valence-electron chi connectivity index (χ4n) is 5.56. The molecule has 12 nitrogen and oxygen atoms in total. The third-order valence-corrected chi connectivity index (χ3v) is 11.7. The van der Waals surface area contributed by atoms with Gasteiger partial charge in [-0.05, 0) is 192 Å². The van der Waals surface area contributed by atoms with Crippen LogP contribution in [0.25, 0.3) is 0 Å². The second-order valence-electron chi connectivity index (χ2n) is 17.8. The first-order valence-corrected chi connectivity index (χ1v) is 23.7. The number of benzene rings is 1. The average molecular weight is 975 g/mol. The summed E-state index contributed by atoms with van der Waals surface area (Å²) in [6.07, 6.45) is 16.3. The molecular weight excluding hydrogens is 898 g/mol. The highest BCUT2D eigenvalue weighted by molar-refractivity contribution is 5.23. The molecule has 0 N–H and O–H groups in total. The van der Waals surface area contributed by atoms with Gasteiger partial charge in [0, 0.05) is 79.7 Å².